The molecule has 0 unspecified atom stereocenters. The van der Waals surface area contributed by atoms with E-state index < -0.39 is 15.9 Å². The van der Waals surface area contributed by atoms with E-state index in [0.29, 0.717) is 41.5 Å². The Kier molecular flexibility index (Phi) is 5.07. The number of rotatable bonds is 4. The fourth-order valence-corrected chi connectivity index (χ4v) is 6.47. The highest BCUT2D eigenvalue weighted by Gasteiger charge is 2.27. The van der Waals surface area contributed by atoms with E-state index in [0.717, 1.165) is 23.1 Å². The number of carbonyl (C=O) groups excluding carboxylic acids is 1. The number of fused-ring (bicyclic) bond motifs is 2. The maximum absolute atomic E-state index is 12.8. The molecular formula is C21H21N3O5S2. The smallest absolute Gasteiger partial charge is 0.279 e. The van der Waals surface area contributed by atoms with E-state index in [-0.39, 0.29) is 11.7 Å². The molecule has 162 valence electrons. The molecule has 8 nitrogen and oxygen atoms in total. The number of benzene rings is 2. The van der Waals surface area contributed by atoms with E-state index in [2.05, 4.69) is 4.99 Å². The minimum absolute atomic E-state index is 0.200. The van der Waals surface area contributed by atoms with Crippen LogP contribution >= 0.6 is 11.3 Å². The molecule has 0 N–H and O–H groups in total. The van der Waals surface area contributed by atoms with Crippen molar-refractivity contribution in [2.24, 2.45) is 4.99 Å². The molecule has 0 spiro atoms. The van der Waals surface area contributed by atoms with Gasteiger partial charge in [-0.05, 0) is 44.0 Å². The van der Waals surface area contributed by atoms with E-state index >= 15 is 0 Å². The maximum Gasteiger partial charge on any atom is 0.279 e. The summed E-state index contributed by atoms with van der Waals surface area (Å²) in [6.07, 6.45) is 1.75. The molecular weight excluding hydrogens is 438 g/mol. The van der Waals surface area contributed by atoms with Crippen LogP contribution in [0.3, 0.4) is 0 Å². The molecule has 2 aliphatic rings. The number of carbonyl (C=O) groups is 1. The second kappa shape index (κ2) is 7.77. The monoisotopic (exact) mass is 459 g/mol. The molecule has 0 atom stereocenters. The van der Waals surface area contributed by atoms with E-state index in [4.69, 9.17) is 9.47 Å². The van der Waals surface area contributed by atoms with Crippen molar-refractivity contribution in [3.63, 3.8) is 0 Å². The fourth-order valence-electron chi connectivity index (χ4n) is 3.85. The number of hydrogen-bond donors (Lipinski definition) is 0. The van der Waals surface area contributed by atoms with Crippen molar-refractivity contribution in [2.45, 2.75) is 31.2 Å². The van der Waals surface area contributed by atoms with Crippen molar-refractivity contribution in [1.82, 2.24) is 8.87 Å². The normalized spacial score (nSPS) is 17.0. The Balaban J connectivity index is 1.47. The molecule has 0 saturated carbocycles. The van der Waals surface area contributed by atoms with E-state index in [1.165, 1.54) is 39.9 Å². The van der Waals surface area contributed by atoms with Crippen LogP contribution in [0.5, 0.6) is 11.5 Å². The van der Waals surface area contributed by atoms with Gasteiger partial charge in [0.25, 0.3) is 5.91 Å². The number of thiazole rings is 1. The SMILES string of the molecule is CCn1c(=NC(=O)c2ccc(S(=O)(=O)N3CCCC3)cc2)sc2cc3c(cc21)OCO3. The van der Waals surface area contributed by atoms with E-state index in [1.807, 2.05) is 23.6 Å². The van der Waals surface area contributed by atoms with Gasteiger partial charge in [0, 0.05) is 37.3 Å². The summed E-state index contributed by atoms with van der Waals surface area (Å²) in [5.41, 5.74) is 1.27. The van der Waals surface area contributed by atoms with Gasteiger partial charge in [0.2, 0.25) is 16.8 Å². The lowest BCUT2D eigenvalue weighted by molar-refractivity contribution is 0.0997. The average molecular weight is 460 g/mol. The summed E-state index contributed by atoms with van der Waals surface area (Å²) in [5, 5.41) is 0. The molecule has 3 heterocycles. The van der Waals surface area contributed by atoms with Crippen molar-refractivity contribution >= 4 is 37.5 Å². The Labute approximate surface area is 183 Å². The Morgan fingerprint density at radius 1 is 1.10 bits per heavy atom. The van der Waals surface area contributed by atoms with Crippen LogP contribution in [0.25, 0.3) is 10.2 Å². The van der Waals surface area contributed by atoms with Crippen LogP contribution in [0.1, 0.15) is 30.1 Å². The summed E-state index contributed by atoms with van der Waals surface area (Å²) in [7, 11) is -3.51. The van der Waals surface area contributed by atoms with Crippen molar-refractivity contribution in [1.29, 1.82) is 0 Å². The highest BCUT2D eigenvalue weighted by atomic mass is 32.2. The van der Waals surface area contributed by atoms with Crippen molar-refractivity contribution < 1.29 is 22.7 Å². The van der Waals surface area contributed by atoms with Crippen LogP contribution in [0.15, 0.2) is 46.3 Å². The molecule has 1 amide bonds. The molecule has 1 aromatic heterocycles. The van der Waals surface area contributed by atoms with Crippen molar-refractivity contribution in [2.75, 3.05) is 19.9 Å². The molecule has 3 aromatic rings. The molecule has 1 saturated heterocycles. The number of aryl methyl sites for hydroxylation is 1. The van der Waals surface area contributed by atoms with E-state index in [1.54, 1.807) is 0 Å². The third-order valence-corrected chi connectivity index (χ3v) is 8.45. The minimum atomic E-state index is -3.51. The first kappa shape index (κ1) is 20.2. The lowest BCUT2D eigenvalue weighted by Crippen LogP contribution is -2.27. The third-order valence-electron chi connectivity index (χ3n) is 5.49. The predicted octanol–water partition coefficient (Wildman–Crippen LogP) is 2.98. The summed E-state index contributed by atoms with van der Waals surface area (Å²) in [4.78, 5) is 17.9. The lowest BCUT2D eigenvalue weighted by atomic mass is 10.2. The fraction of sp³-hybridized carbons (Fsp3) is 0.333. The maximum atomic E-state index is 12.8. The number of amides is 1. The zero-order valence-electron chi connectivity index (χ0n) is 16.9. The molecule has 5 rings (SSSR count). The summed E-state index contributed by atoms with van der Waals surface area (Å²) in [6, 6.07) is 9.81. The highest BCUT2D eigenvalue weighted by molar-refractivity contribution is 7.89. The van der Waals surface area contributed by atoms with Crippen LogP contribution in [-0.2, 0) is 16.6 Å². The average Bonchev–Trinajstić information content (AvgIpc) is 3.51. The summed E-state index contributed by atoms with van der Waals surface area (Å²) in [5.74, 6) is 0.948. The van der Waals surface area contributed by atoms with Gasteiger partial charge < -0.3 is 14.0 Å². The Bertz CT molecular complexity index is 1330. The molecule has 0 aliphatic carbocycles. The molecule has 2 aliphatic heterocycles. The number of ether oxygens (including phenoxy) is 2. The van der Waals surface area contributed by atoms with Gasteiger partial charge in [-0.2, -0.15) is 9.30 Å². The van der Waals surface area contributed by atoms with Gasteiger partial charge in [-0.15, -0.1) is 0 Å². The van der Waals surface area contributed by atoms with Crippen molar-refractivity contribution in [3.8, 4) is 11.5 Å². The number of aromatic nitrogens is 1. The largest absolute Gasteiger partial charge is 0.454 e. The van der Waals surface area contributed by atoms with E-state index in [9.17, 15) is 13.2 Å². The number of hydrogen-bond acceptors (Lipinski definition) is 6. The van der Waals surface area contributed by atoms with Gasteiger partial charge in [-0.3, -0.25) is 4.79 Å². The van der Waals surface area contributed by atoms with Crippen LogP contribution in [-0.4, -0.2) is 43.1 Å². The molecule has 10 heteroatoms. The zero-order chi connectivity index (χ0) is 21.6. The Morgan fingerprint density at radius 2 is 1.77 bits per heavy atom. The van der Waals surface area contributed by atoms with Gasteiger partial charge >= 0.3 is 0 Å². The van der Waals surface area contributed by atoms with Gasteiger partial charge in [0.05, 0.1) is 15.1 Å². The number of sulfonamides is 1. The predicted molar refractivity (Wildman–Crippen MR) is 116 cm³/mol. The molecule has 31 heavy (non-hydrogen) atoms. The number of nitrogens with zero attached hydrogens (tertiary/aromatic N) is 3. The van der Waals surface area contributed by atoms with Crippen LogP contribution < -0.4 is 14.3 Å². The first-order valence-corrected chi connectivity index (χ1v) is 12.4. The summed E-state index contributed by atoms with van der Waals surface area (Å²) < 4.78 is 40.6. The van der Waals surface area contributed by atoms with Crippen LogP contribution in [0.4, 0.5) is 0 Å². The van der Waals surface area contributed by atoms with Crippen LogP contribution in [0, 0.1) is 0 Å². The Morgan fingerprint density at radius 3 is 2.45 bits per heavy atom. The molecule has 0 bridgehead atoms. The van der Waals surface area contributed by atoms with Gasteiger partial charge in [-0.25, -0.2) is 8.42 Å². The second-order valence-electron chi connectivity index (χ2n) is 7.35. The van der Waals surface area contributed by atoms with Gasteiger partial charge in [0.1, 0.15) is 0 Å². The first-order chi connectivity index (χ1) is 15.0. The molecule has 0 radical (unpaired) electrons. The highest BCUT2D eigenvalue weighted by Crippen LogP contribution is 2.37. The standard InChI is InChI=1S/C21H21N3O5S2/c1-2-24-16-11-17-18(29-13-28-17)12-19(16)30-21(24)22-20(25)14-5-7-15(8-6-14)31(26,27)23-9-3-4-10-23/h5-8,11-12H,2-4,9-10,13H2,1H3. The quantitative estimate of drug-likeness (QED) is 0.598. The second-order valence-corrected chi connectivity index (χ2v) is 10.3. The topological polar surface area (TPSA) is 90.2 Å². The van der Waals surface area contributed by atoms with Crippen molar-refractivity contribution in [3.05, 3.63) is 46.8 Å². The lowest BCUT2D eigenvalue weighted by Gasteiger charge is -2.15. The molecule has 1 fully saturated rings. The third kappa shape index (κ3) is 3.54. The van der Waals surface area contributed by atoms with Gasteiger partial charge in [-0.1, -0.05) is 11.3 Å². The Hall–Kier alpha value is -2.69. The summed E-state index contributed by atoms with van der Waals surface area (Å²) in [6.45, 7) is 3.91. The summed E-state index contributed by atoms with van der Waals surface area (Å²) >= 11 is 1.40. The molecule has 2 aromatic carbocycles. The van der Waals surface area contributed by atoms with Crippen LogP contribution in [0.2, 0.25) is 0 Å². The zero-order valence-corrected chi connectivity index (χ0v) is 18.5. The van der Waals surface area contributed by atoms with Gasteiger partial charge in [0.15, 0.2) is 16.3 Å². The minimum Gasteiger partial charge on any atom is -0.454 e. The first-order valence-electron chi connectivity index (χ1n) is 10.1.